The standard InChI is InChI=1S/C14H12O6S/c1-8-6-13(12(16)7-11(8)15)21(19,20)10-4-2-9(3-5-10)14(17)18/h2-7,15-16H,1H3,(H,17,18). The van der Waals surface area contributed by atoms with Crippen molar-refractivity contribution in [3.05, 3.63) is 47.5 Å². The molecule has 0 bridgehead atoms. The first-order valence-corrected chi connectivity index (χ1v) is 7.33. The first-order chi connectivity index (χ1) is 9.73. The van der Waals surface area contributed by atoms with Crippen LogP contribution in [-0.2, 0) is 9.84 Å². The summed E-state index contributed by atoms with van der Waals surface area (Å²) < 4.78 is 24.8. The zero-order valence-corrected chi connectivity index (χ0v) is 11.8. The molecule has 0 fully saturated rings. The van der Waals surface area contributed by atoms with Crippen molar-refractivity contribution in [2.45, 2.75) is 16.7 Å². The third-order valence-electron chi connectivity index (χ3n) is 2.98. The van der Waals surface area contributed by atoms with Gasteiger partial charge < -0.3 is 15.3 Å². The van der Waals surface area contributed by atoms with Gasteiger partial charge in [-0.1, -0.05) is 0 Å². The van der Waals surface area contributed by atoms with E-state index in [0.717, 1.165) is 24.3 Å². The number of aromatic carboxylic acids is 1. The van der Waals surface area contributed by atoms with Crippen LogP contribution in [0, 0.1) is 6.92 Å². The normalized spacial score (nSPS) is 11.3. The van der Waals surface area contributed by atoms with Gasteiger partial charge in [-0.2, -0.15) is 0 Å². The first kappa shape index (κ1) is 14.9. The Morgan fingerprint density at radius 2 is 1.57 bits per heavy atom. The van der Waals surface area contributed by atoms with Crippen LogP contribution in [0.3, 0.4) is 0 Å². The van der Waals surface area contributed by atoms with E-state index in [0.29, 0.717) is 5.56 Å². The van der Waals surface area contributed by atoms with Gasteiger partial charge in [0.1, 0.15) is 16.4 Å². The molecule has 2 aromatic carbocycles. The minimum absolute atomic E-state index is 0.0416. The maximum absolute atomic E-state index is 12.4. The topological polar surface area (TPSA) is 112 Å². The zero-order valence-electron chi connectivity index (χ0n) is 10.9. The van der Waals surface area contributed by atoms with Crippen LogP contribution in [0.15, 0.2) is 46.2 Å². The predicted molar refractivity (Wildman–Crippen MR) is 73.4 cm³/mol. The number of hydrogen-bond acceptors (Lipinski definition) is 5. The predicted octanol–water partition coefficient (Wildman–Crippen LogP) is 1.94. The van der Waals surface area contributed by atoms with Crippen LogP contribution in [0.1, 0.15) is 15.9 Å². The van der Waals surface area contributed by atoms with Crippen molar-refractivity contribution in [2.24, 2.45) is 0 Å². The summed E-state index contributed by atoms with van der Waals surface area (Å²) in [5, 5.41) is 27.9. The van der Waals surface area contributed by atoms with E-state index in [1.807, 2.05) is 0 Å². The zero-order chi connectivity index (χ0) is 15.8. The van der Waals surface area contributed by atoms with Crippen molar-refractivity contribution in [1.29, 1.82) is 0 Å². The fourth-order valence-corrected chi connectivity index (χ4v) is 3.19. The number of aromatic hydroxyl groups is 2. The minimum Gasteiger partial charge on any atom is -0.508 e. The van der Waals surface area contributed by atoms with Crippen LogP contribution >= 0.6 is 0 Å². The van der Waals surface area contributed by atoms with Gasteiger partial charge in [0.05, 0.1) is 10.5 Å². The van der Waals surface area contributed by atoms with Gasteiger partial charge in [0, 0.05) is 6.07 Å². The molecular weight excluding hydrogens is 296 g/mol. The fraction of sp³-hybridized carbons (Fsp3) is 0.0714. The summed E-state index contributed by atoms with van der Waals surface area (Å²) in [5.74, 6) is -1.95. The lowest BCUT2D eigenvalue weighted by atomic mass is 10.2. The number of carboxylic acid groups (broad SMARTS) is 1. The molecule has 2 aromatic rings. The number of carbonyl (C=O) groups is 1. The summed E-state index contributed by atoms with van der Waals surface area (Å²) in [5.41, 5.74) is 0.258. The second kappa shape index (κ2) is 5.10. The van der Waals surface area contributed by atoms with Crippen LogP contribution in [0.25, 0.3) is 0 Å². The molecule has 2 rings (SSSR count). The highest BCUT2D eigenvalue weighted by molar-refractivity contribution is 7.91. The molecule has 0 unspecified atom stereocenters. The molecule has 6 nitrogen and oxygen atoms in total. The summed E-state index contributed by atoms with van der Waals surface area (Å²) in [6.45, 7) is 1.50. The molecule has 0 saturated heterocycles. The molecule has 0 saturated carbocycles. The number of hydrogen-bond donors (Lipinski definition) is 3. The number of benzene rings is 2. The molecule has 0 amide bonds. The van der Waals surface area contributed by atoms with Crippen molar-refractivity contribution < 1.29 is 28.5 Å². The lowest BCUT2D eigenvalue weighted by molar-refractivity contribution is 0.0696. The third-order valence-corrected chi connectivity index (χ3v) is 4.78. The molecular formula is C14H12O6S. The highest BCUT2D eigenvalue weighted by Gasteiger charge is 2.23. The molecule has 0 aliphatic heterocycles. The summed E-state index contributed by atoms with van der Waals surface area (Å²) in [6, 6.07) is 6.75. The van der Waals surface area contributed by atoms with Crippen LogP contribution in [0.4, 0.5) is 0 Å². The Kier molecular flexibility index (Phi) is 3.61. The van der Waals surface area contributed by atoms with Crippen LogP contribution in [0.2, 0.25) is 0 Å². The molecule has 0 spiro atoms. The van der Waals surface area contributed by atoms with Gasteiger partial charge in [-0.3, -0.25) is 0 Å². The van der Waals surface area contributed by atoms with Gasteiger partial charge in [0.15, 0.2) is 0 Å². The van der Waals surface area contributed by atoms with E-state index < -0.39 is 21.6 Å². The van der Waals surface area contributed by atoms with Crippen molar-refractivity contribution in [3.63, 3.8) is 0 Å². The highest BCUT2D eigenvalue weighted by atomic mass is 32.2. The van der Waals surface area contributed by atoms with E-state index in [1.54, 1.807) is 0 Å². The lowest BCUT2D eigenvalue weighted by Crippen LogP contribution is -2.04. The van der Waals surface area contributed by atoms with Gasteiger partial charge in [0.25, 0.3) is 0 Å². The summed E-state index contributed by atoms with van der Waals surface area (Å²) in [7, 11) is -4.01. The van der Waals surface area contributed by atoms with Gasteiger partial charge in [0.2, 0.25) is 9.84 Å². The molecule has 110 valence electrons. The Morgan fingerprint density at radius 3 is 2.10 bits per heavy atom. The number of rotatable bonds is 3. The number of aryl methyl sites for hydroxylation is 1. The average Bonchev–Trinajstić information content (AvgIpc) is 2.42. The van der Waals surface area contributed by atoms with Crippen LogP contribution < -0.4 is 0 Å². The minimum atomic E-state index is -4.01. The summed E-state index contributed by atoms with van der Waals surface area (Å²) in [4.78, 5) is 10.3. The molecule has 0 aromatic heterocycles. The third kappa shape index (κ3) is 2.68. The second-order valence-corrected chi connectivity index (χ2v) is 6.36. The van der Waals surface area contributed by atoms with E-state index in [9.17, 15) is 23.4 Å². The van der Waals surface area contributed by atoms with Crippen molar-refractivity contribution in [1.82, 2.24) is 0 Å². The molecule has 0 heterocycles. The highest BCUT2D eigenvalue weighted by Crippen LogP contribution is 2.33. The number of phenols is 2. The Hall–Kier alpha value is -2.54. The summed E-state index contributed by atoms with van der Waals surface area (Å²) >= 11 is 0. The summed E-state index contributed by atoms with van der Waals surface area (Å²) in [6.07, 6.45) is 0. The number of carboxylic acids is 1. The maximum Gasteiger partial charge on any atom is 0.335 e. The largest absolute Gasteiger partial charge is 0.508 e. The molecule has 0 aliphatic carbocycles. The SMILES string of the molecule is Cc1cc(S(=O)(=O)c2ccc(C(=O)O)cc2)c(O)cc1O. The smallest absolute Gasteiger partial charge is 0.335 e. The van der Waals surface area contributed by atoms with Gasteiger partial charge in [-0.15, -0.1) is 0 Å². The Labute approximate surface area is 120 Å². The van der Waals surface area contributed by atoms with Gasteiger partial charge in [-0.25, -0.2) is 13.2 Å². The van der Waals surface area contributed by atoms with Crippen LogP contribution in [-0.4, -0.2) is 29.7 Å². The van der Waals surface area contributed by atoms with Crippen LogP contribution in [0.5, 0.6) is 11.5 Å². The van der Waals surface area contributed by atoms with Crippen molar-refractivity contribution in [2.75, 3.05) is 0 Å². The quantitative estimate of drug-likeness (QED) is 0.799. The van der Waals surface area contributed by atoms with Crippen molar-refractivity contribution in [3.8, 4) is 11.5 Å². The van der Waals surface area contributed by atoms with E-state index in [2.05, 4.69) is 0 Å². The van der Waals surface area contributed by atoms with E-state index in [1.165, 1.54) is 19.1 Å². The number of sulfone groups is 1. The number of phenolic OH excluding ortho intramolecular Hbond substituents is 2. The molecule has 21 heavy (non-hydrogen) atoms. The fourth-order valence-electron chi connectivity index (χ4n) is 1.78. The van der Waals surface area contributed by atoms with Crippen molar-refractivity contribution >= 4 is 15.8 Å². The van der Waals surface area contributed by atoms with Gasteiger partial charge in [-0.05, 0) is 42.8 Å². The first-order valence-electron chi connectivity index (χ1n) is 5.84. The second-order valence-electron chi connectivity index (χ2n) is 4.44. The van der Waals surface area contributed by atoms with E-state index in [-0.39, 0.29) is 21.1 Å². The molecule has 7 heteroatoms. The van der Waals surface area contributed by atoms with Gasteiger partial charge >= 0.3 is 5.97 Å². The molecule has 3 N–H and O–H groups in total. The molecule has 0 aliphatic rings. The maximum atomic E-state index is 12.4. The molecule has 0 radical (unpaired) electrons. The van der Waals surface area contributed by atoms with E-state index in [4.69, 9.17) is 5.11 Å². The monoisotopic (exact) mass is 308 g/mol. The average molecular weight is 308 g/mol. The van der Waals surface area contributed by atoms with E-state index >= 15 is 0 Å². The Morgan fingerprint density at radius 1 is 1.00 bits per heavy atom. The Bertz CT molecular complexity index is 806. The molecule has 0 atom stereocenters. The Balaban J connectivity index is 2.57. The lowest BCUT2D eigenvalue weighted by Gasteiger charge is -2.09.